The Balaban J connectivity index is 1.36. The fraction of sp³-hybridized carbons (Fsp3) is 0.462. The number of alkyl halides is 3. The molecule has 2 saturated carbocycles. The van der Waals surface area contributed by atoms with Crippen molar-refractivity contribution in [1.82, 2.24) is 20.0 Å². The standard InChI is InChI=1S/C26H27F3N4O3/c1-24(2,3)35-23(34)33(19-13-18(19)16-7-5-4-6-8-16)15-25(11-12-25)22-31-21(36-32-22)17-9-10-20(30-14-17)26(27,28)29/h4-10,14,18-19H,11-13,15H2,1-3H3/t18?,19-/m0/s1. The molecule has 2 aliphatic rings. The van der Waals surface area contributed by atoms with E-state index in [2.05, 4.69) is 27.3 Å². The van der Waals surface area contributed by atoms with E-state index in [4.69, 9.17) is 9.26 Å². The van der Waals surface area contributed by atoms with E-state index >= 15 is 0 Å². The van der Waals surface area contributed by atoms with Crippen molar-refractivity contribution in [2.45, 2.75) is 69.2 Å². The monoisotopic (exact) mass is 500 g/mol. The third-order valence-corrected chi connectivity index (χ3v) is 6.54. The molecular weight excluding hydrogens is 473 g/mol. The summed E-state index contributed by atoms with van der Waals surface area (Å²) in [5.74, 6) is 0.756. The van der Waals surface area contributed by atoms with E-state index in [0.29, 0.717) is 17.9 Å². The molecule has 0 radical (unpaired) electrons. The minimum atomic E-state index is -4.53. The molecule has 190 valence electrons. The third-order valence-electron chi connectivity index (χ3n) is 6.54. The van der Waals surface area contributed by atoms with Gasteiger partial charge in [-0.3, -0.25) is 4.98 Å². The number of nitrogens with zero attached hydrogens (tertiary/aromatic N) is 4. The number of benzene rings is 1. The molecule has 0 spiro atoms. The van der Waals surface area contributed by atoms with Gasteiger partial charge in [0.05, 0.1) is 11.0 Å². The Bertz CT molecular complexity index is 1230. The van der Waals surface area contributed by atoms with Crippen molar-refractivity contribution >= 4 is 6.09 Å². The van der Waals surface area contributed by atoms with Crippen molar-refractivity contribution in [3.63, 3.8) is 0 Å². The van der Waals surface area contributed by atoms with Gasteiger partial charge in [-0.05, 0) is 57.7 Å². The van der Waals surface area contributed by atoms with Crippen LogP contribution in [-0.2, 0) is 16.3 Å². The molecule has 3 aromatic rings. The first kappa shape index (κ1) is 24.3. The zero-order valence-corrected chi connectivity index (χ0v) is 20.2. The van der Waals surface area contributed by atoms with Gasteiger partial charge in [0, 0.05) is 24.7 Å². The van der Waals surface area contributed by atoms with Crippen LogP contribution in [0.25, 0.3) is 11.5 Å². The second-order valence-corrected chi connectivity index (χ2v) is 10.6. The van der Waals surface area contributed by atoms with Crippen LogP contribution in [0.4, 0.5) is 18.0 Å². The van der Waals surface area contributed by atoms with Gasteiger partial charge in [-0.25, -0.2) is 4.79 Å². The van der Waals surface area contributed by atoms with Gasteiger partial charge in [0.15, 0.2) is 5.82 Å². The number of carbonyl (C=O) groups excluding carboxylic acids is 1. The number of rotatable bonds is 6. The number of carbonyl (C=O) groups is 1. The lowest BCUT2D eigenvalue weighted by Gasteiger charge is -2.30. The van der Waals surface area contributed by atoms with E-state index in [1.165, 1.54) is 11.6 Å². The first-order valence-electron chi connectivity index (χ1n) is 11.9. The van der Waals surface area contributed by atoms with Crippen LogP contribution in [-0.4, -0.2) is 44.3 Å². The van der Waals surface area contributed by atoms with Gasteiger partial charge < -0.3 is 14.2 Å². The summed E-state index contributed by atoms with van der Waals surface area (Å²) >= 11 is 0. The van der Waals surface area contributed by atoms with Crippen LogP contribution in [0.15, 0.2) is 53.2 Å². The fourth-order valence-electron chi connectivity index (χ4n) is 4.40. The predicted octanol–water partition coefficient (Wildman–Crippen LogP) is 5.98. The maximum Gasteiger partial charge on any atom is 0.433 e. The van der Waals surface area contributed by atoms with Gasteiger partial charge in [-0.2, -0.15) is 18.2 Å². The molecule has 7 nitrogen and oxygen atoms in total. The first-order valence-corrected chi connectivity index (χ1v) is 11.9. The van der Waals surface area contributed by atoms with Crippen molar-refractivity contribution < 1.29 is 27.2 Å². The summed E-state index contributed by atoms with van der Waals surface area (Å²) in [4.78, 5) is 23.0. The smallest absolute Gasteiger partial charge is 0.433 e. The average Bonchev–Trinajstić information content (AvgIpc) is 3.73. The van der Waals surface area contributed by atoms with Crippen LogP contribution in [0.1, 0.15) is 63.0 Å². The molecule has 2 fully saturated rings. The number of pyridine rings is 1. The molecule has 1 aromatic carbocycles. The number of hydrogen-bond acceptors (Lipinski definition) is 6. The molecule has 1 amide bonds. The second-order valence-electron chi connectivity index (χ2n) is 10.6. The molecule has 5 rings (SSSR count). The van der Waals surface area contributed by atoms with Crippen molar-refractivity contribution in [1.29, 1.82) is 0 Å². The summed E-state index contributed by atoms with van der Waals surface area (Å²) in [5, 5.41) is 4.13. The summed E-state index contributed by atoms with van der Waals surface area (Å²) in [7, 11) is 0. The Hall–Kier alpha value is -3.43. The average molecular weight is 501 g/mol. The van der Waals surface area contributed by atoms with Crippen LogP contribution < -0.4 is 0 Å². The Morgan fingerprint density at radius 3 is 2.44 bits per heavy atom. The van der Waals surface area contributed by atoms with Crippen LogP contribution in [0.2, 0.25) is 0 Å². The van der Waals surface area contributed by atoms with E-state index < -0.39 is 22.9 Å². The van der Waals surface area contributed by atoms with Gasteiger partial charge >= 0.3 is 12.3 Å². The largest absolute Gasteiger partial charge is 0.444 e. The van der Waals surface area contributed by atoms with E-state index in [9.17, 15) is 18.0 Å². The molecule has 10 heteroatoms. The number of ether oxygens (including phenoxy) is 1. The van der Waals surface area contributed by atoms with Crippen molar-refractivity contribution in [3.8, 4) is 11.5 Å². The summed E-state index contributed by atoms with van der Waals surface area (Å²) in [6, 6.07) is 12.2. The molecule has 2 atom stereocenters. The SMILES string of the molecule is CC(C)(C)OC(=O)N(CC1(c2noc(-c3ccc(C(F)(F)F)nc3)n2)CC1)[C@H]1CC1c1ccccc1. The maximum absolute atomic E-state index is 13.2. The second kappa shape index (κ2) is 8.60. The normalized spacial score (nSPS) is 20.6. The van der Waals surface area contributed by atoms with Crippen LogP contribution in [0.5, 0.6) is 0 Å². The minimum absolute atomic E-state index is 0.00482. The summed E-state index contributed by atoms with van der Waals surface area (Å²) in [6.45, 7) is 5.88. The van der Waals surface area contributed by atoms with Gasteiger partial charge in [-0.1, -0.05) is 35.5 Å². The van der Waals surface area contributed by atoms with E-state index in [1.807, 2.05) is 39.0 Å². The highest BCUT2D eigenvalue weighted by atomic mass is 19.4. The zero-order valence-electron chi connectivity index (χ0n) is 20.2. The van der Waals surface area contributed by atoms with Crippen LogP contribution in [0.3, 0.4) is 0 Å². The molecular formula is C26H27F3N4O3. The molecule has 36 heavy (non-hydrogen) atoms. The highest BCUT2D eigenvalue weighted by Crippen LogP contribution is 2.52. The molecule has 0 saturated heterocycles. The van der Waals surface area contributed by atoms with Crippen molar-refractivity contribution in [2.24, 2.45) is 0 Å². The quantitative estimate of drug-likeness (QED) is 0.415. The number of amides is 1. The Morgan fingerprint density at radius 2 is 1.86 bits per heavy atom. The lowest BCUT2D eigenvalue weighted by molar-refractivity contribution is -0.141. The summed E-state index contributed by atoms with van der Waals surface area (Å²) < 4.78 is 49.6. The maximum atomic E-state index is 13.2. The van der Waals surface area contributed by atoms with E-state index in [0.717, 1.165) is 31.5 Å². The predicted molar refractivity (Wildman–Crippen MR) is 124 cm³/mol. The van der Waals surface area contributed by atoms with E-state index in [1.54, 1.807) is 4.90 Å². The molecule has 2 aromatic heterocycles. The van der Waals surface area contributed by atoms with Gasteiger partial charge in [0.2, 0.25) is 0 Å². The molecule has 1 unspecified atom stereocenters. The third kappa shape index (κ3) is 5.08. The zero-order chi connectivity index (χ0) is 25.7. The Labute approximate surface area is 206 Å². The minimum Gasteiger partial charge on any atom is -0.444 e. The Morgan fingerprint density at radius 1 is 1.14 bits per heavy atom. The summed E-state index contributed by atoms with van der Waals surface area (Å²) in [5.41, 5.74) is -0.639. The van der Waals surface area contributed by atoms with Crippen molar-refractivity contribution in [3.05, 3.63) is 65.7 Å². The Kier molecular flexibility index (Phi) is 5.80. The number of halogens is 3. The van der Waals surface area contributed by atoms with Crippen LogP contribution >= 0.6 is 0 Å². The van der Waals surface area contributed by atoms with Crippen LogP contribution in [0, 0.1) is 0 Å². The molecule has 0 aliphatic heterocycles. The molecule has 0 bridgehead atoms. The molecule has 0 N–H and O–H groups in total. The number of hydrogen-bond donors (Lipinski definition) is 0. The highest BCUT2D eigenvalue weighted by molar-refractivity contribution is 5.70. The van der Waals surface area contributed by atoms with Gasteiger partial charge in [0.1, 0.15) is 11.3 Å². The molecule has 2 heterocycles. The van der Waals surface area contributed by atoms with Gasteiger partial charge in [0.25, 0.3) is 5.89 Å². The van der Waals surface area contributed by atoms with Crippen molar-refractivity contribution in [2.75, 3.05) is 6.54 Å². The fourth-order valence-corrected chi connectivity index (χ4v) is 4.40. The lowest BCUT2D eigenvalue weighted by atomic mass is 10.1. The lowest BCUT2D eigenvalue weighted by Crippen LogP contribution is -2.43. The van der Waals surface area contributed by atoms with Gasteiger partial charge in [-0.15, -0.1) is 0 Å². The van der Waals surface area contributed by atoms with E-state index in [-0.39, 0.29) is 23.9 Å². The first-order chi connectivity index (χ1) is 17.0. The molecule has 2 aliphatic carbocycles. The number of aromatic nitrogens is 3. The summed E-state index contributed by atoms with van der Waals surface area (Å²) in [6.07, 6.45) is -1.47. The highest BCUT2D eigenvalue weighted by Gasteiger charge is 2.55. The topological polar surface area (TPSA) is 81.4 Å².